The number of hydrogen-bond donors (Lipinski definition) is 2. The number of carbonyl (C=O) groups excluding carboxylic acids is 1. The Morgan fingerprint density at radius 3 is 2.82 bits per heavy atom. The molecule has 0 saturated carbocycles. The number of aromatic nitrogens is 1. The summed E-state index contributed by atoms with van der Waals surface area (Å²) in [7, 11) is 1.58. The molecule has 2 aromatic rings. The lowest BCUT2D eigenvalue weighted by atomic mass is 9.96. The molecule has 118 valence electrons. The van der Waals surface area contributed by atoms with Gasteiger partial charge in [-0.15, -0.1) is 0 Å². The maximum atomic E-state index is 12.2. The standard InChI is InChI=1S/C17H23N3O2/c1-4-9-17(2,18)16(21)19-11-12-10-15(22-3)20-14-8-6-5-7-13(12)14/h5-8,10H,4,9,11,18H2,1-3H3,(H,19,21). The molecule has 0 fully saturated rings. The van der Waals surface area contributed by atoms with Crippen LogP contribution in [0, 0.1) is 0 Å². The van der Waals surface area contributed by atoms with Crippen LogP contribution < -0.4 is 15.8 Å². The second kappa shape index (κ2) is 6.75. The first-order valence-electron chi connectivity index (χ1n) is 7.47. The van der Waals surface area contributed by atoms with Crippen LogP contribution in [0.5, 0.6) is 5.88 Å². The molecule has 1 aromatic carbocycles. The number of nitrogens with two attached hydrogens (primary N) is 1. The summed E-state index contributed by atoms with van der Waals surface area (Å²) in [6.07, 6.45) is 1.52. The fourth-order valence-electron chi connectivity index (χ4n) is 2.48. The number of nitrogens with one attached hydrogen (secondary N) is 1. The van der Waals surface area contributed by atoms with E-state index in [0.717, 1.165) is 22.9 Å². The molecular weight excluding hydrogens is 278 g/mol. The van der Waals surface area contributed by atoms with Gasteiger partial charge in [-0.2, -0.15) is 0 Å². The van der Waals surface area contributed by atoms with E-state index in [9.17, 15) is 4.79 Å². The predicted octanol–water partition coefficient (Wildman–Crippen LogP) is 2.38. The molecule has 0 spiro atoms. The molecule has 1 unspecified atom stereocenters. The molecule has 2 rings (SSSR count). The molecule has 0 bridgehead atoms. The van der Waals surface area contributed by atoms with E-state index in [1.54, 1.807) is 14.0 Å². The summed E-state index contributed by atoms with van der Waals surface area (Å²) in [5.74, 6) is 0.390. The van der Waals surface area contributed by atoms with E-state index in [4.69, 9.17) is 10.5 Å². The van der Waals surface area contributed by atoms with Crippen molar-refractivity contribution in [1.82, 2.24) is 10.3 Å². The second-order valence-corrected chi connectivity index (χ2v) is 5.69. The number of amides is 1. The van der Waals surface area contributed by atoms with Gasteiger partial charge in [0.25, 0.3) is 0 Å². The molecule has 0 saturated heterocycles. The highest BCUT2D eigenvalue weighted by molar-refractivity contribution is 5.87. The molecule has 5 nitrogen and oxygen atoms in total. The fraction of sp³-hybridized carbons (Fsp3) is 0.412. The first kappa shape index (κ1) is 16.2. The average molecular weight is 301 g/mol. The number of hydrogen-bond acceptors (Lipinski definition) is 4. The lowest BCUT2D eigenvalue weighted by Gasteiger charge is -2.23. The lowest BCUT2D eigenvalue weighted by molar-refractivity contribution is -0.126. The molecule has 1 aromatic heterocycles. The zero-order valence-electron chi connectivity index (χ0n) is 13.3. The number of pyridine rings is 1. The minimum Gasteiger partial charge on any atom is -0.481 e. The monoisotopic (exact) mass is 301 g/mol. The molecule has 0 aliphatic carbocycles. The van der Waals surface area contributed by atoms with Crippen LogP contribution in [0.4, 0.5) is 0 Å². The van der Waals surface area contributed by atoms with Crippen LogP contribution in [0.15, 0.2) is 30.3 Å². The topological polar surface area (TPSA) is 77.2 Å². The average Bonchev–Trinajstić information content (AvgIpc) is 2.51. The van der Waals surface area contributed by atoms with Crippen molar-refractivity contribution in [3.8, 4) is 5.88 Å². The Kier molecular flexibility index (Phi) is 4.98. The van der Waals surface area contributed by atoms with Gasteiger partial charge in [-0.1, -0.05) is 31.5 Å². The van der Waals surface area contributed by atoms with Gasteiger partial charge in [0.15, 0.2) is 0 Å². The van der Waals surface area contributed by atoms with Gasteiger partial charge in [0.2, 0.25) is 11.8 Å². The second-order valence-electron chi connectivity index (χ2n) is 5.69. The Morgan fingerprint density at radius 1 is 1.41 bits per heavy atom. The Bertz CT molecular complexity index is 668. The summed E-state index contributed by atoms with van der Waals surface area (Å²) < 4.78 is 5.23. The zero-order chi connectivity index (χ0) is 16.2. The number of fused-ring (bicyclic) bond motifs is 1. The zero-order valence-corrected chi connectivity index (χ0v) is 13.3. The SMILES string of the molecule is CCCC(C)(N)C(=O)NCc1cc(OC)nc2ccccc12. The molecule has 1 atom stereocenters. The highest BCUT2D eigenvalue weighted by atomic mass is 16.5. The number of carbonyl (C=O) groups is 1. The smallest absolute Gasteiger partial charge is 0.240 e. The van der Waals surface area contributed by atoms with Crippen molar-refractivity contribution in [3.63, 3.8) is 0 Å². The summed E-state index contributed by atoms with van der Waals surface area (Å²) in [4.78, 5) is 16.6. The van der Waals surface area contributed by atoms with Crippen molar-refractivity contribution in [2.45, 2.75) is 38.8 Å². The summed E-state index contributed by atoms with van der Waals surface area (Å²) in [6.45, 7) is 4.17. The molecule has 22 heavy (non-hydrogen) atoms. The molecule has 0 aliphatic heterocycles. The maximum Gasteiger partial charge on any atom is 0.240 e. The highest BCUT2D eigenvalue weighted by Crippen LogP contribution is 2.22. The Hall–Kier alpha value is -2.14. The number of para-hydroxylation sites is 1. The molecule has 1 amide bonds. The van der Waals surface area contributed by atoms with Crippen molar-refractivity contribution < 1.29 is 9.53 Å². The summed E-state index contributed by atoms with van der Waals surface area (Å²) in [5.41, 5.74) is 7.01. The summed E-state index contributed by atoms with van der Waals surface area (Å²) >= 11 is 0. The number of nitrogens with zero attached hydrogens (tertiary/aromatic N) is 1. The van der Waals surface area contributed by atoms with Gasteiger partial charge in [-0.05, 0) is 25.0 Å². The van der Waals surface area contributed by atoms with Gasteiger partial charge in [0.05, 0.1) is 18.2 Å². The van der Waals surface area contributed by atoms with Gasteiger partial charge in [-0.25, -0.2) is 4.98 Å². The molecule has 0 aliphatic rings. The molecule has 1 heterocycles. The third kappa shape index (κ3) is 3.54. The van der Waals surface area contributed by atoms with E-state index >= 15 is 0 Å². The minimum atomic E-state index is -0.846. The van der Waals surface area contributed by atoms with Crippen LogP contribution in [0.25, 0.3) is 10.9 Å². The number of rotatable bonds is 6. The van der Waals surface area contributed by atoms with Crippen LogP contribution in [-0.4, -0.2) is 23.5 Å². The predicted molar refractivity (Wildman–Crippen MR) is 87.6 cm³/mol. The molecule has 3 N–H and O–H groups in total. The maximum absolute atomic E-state index is 12.2. The van der Waals surface area contributed by atoms with Gasteiger partial charge >= 0.3 is 0 Å². The largest absolute Gasteiger partial charge is 0.481 e. The van der Waals surface area contributed by atoms with Crippen molar-refractivity contribution in [1.29, 1.82) is 0 Å². The number of ether oxygens (including phenoxy) is 1. The Labute approximate surface area is 130 Å². The molecular formula is C17H23N3O2. The van der Waals surface area contributed by atoms with E-state index in [-0.39, 0.29) is 5.91 Å². The van der Waals surface area contributed by atoms with Gasteiger partial charge in [0.1, 0.15) is 0 Å². The van der Waals surface area contributed by atoms with Crippen LogP contribution >= 0.6 is 0 Å². The van der Waals surface area contributed by atoms with E-state index in [2.05, 4.69) is 10.3 Å². The van der Waals surface area contributed by atoms with E-state index in [1.807, 2.05) is 37.3 Å². The van der Waals surface area contributed by atoms with E-state index < -0.39 is 5.54 Å². The third-order valence-corrected chi connectivity index (χ3v) is 3.71. The Morgan fingerprint density at radius 2 is 2.14 bits per heavy atom. The van der Waals surface area contributed by atoms with Crippen LogP contribution in [0.1, 0.15) is 32.3 Å². The quantitative estimate of drug-likeness (QED) is 0.858. The summed E-state index contributed by atoms with van der Waals surface area (Å²) in [5, 5.41) is 3.92. The van der Waals surface area contributed by atoms with Crippen LogP contribution in [0.2, 0.25) is 0 Å². The number of methoxy groups -OCH3 is 1. The molecule has 0 radical (unpaired) electrons. The van der Waals surface area contributed by atoms with Crippen molar-refractivity contribution >= 4 is 16.8 Å². The van der Waals surface area contributed by atoms with E-state index in [1.165, 1.54) is 0 Å². The first-order valence-corrected chi connectivity index (χ1v) is 7.47. The van der Waals surface area contributed by atoms with Gasteiger partial charge in [-0.3, -0.25) is 4.79 Å². The lowest BCUT2D eigenvalue weighted by Crippen LogP contribution is -2.51. The third-order valence-electron chi connectivity index (χ3n) is 3.71. The Balaban J connectivity index is 2.22. The van der Waals surface area contributed by atoms with Gasteiger partial charge in [0, 0.05) is 18.0 Å². The summed E-state index contributed by atoms with van der Waals surface area (Å²) in [6, 6.07) is 9.63. The van der Waals surface area contributed by atoms with E-state index in [0.29, 0.717) is 18.8 Å². The van der Waals surface area contributed by atoms with Gasteiger partial charge < -0.3 is 15.8 Å². The van der Waals surface area contributed by atoms with Crippen molar-refractivity contribution in [3.05, 3.63) is 35.9 Å². The minimum absolute atomic E-state index is 0.144. The molecule has 5 heteroatoms. The highest BCUT2D eigenvalue weighted by Gasteiger charge is 2.26. The fourth-order valence-corrected chi connectivity index (χ4v) is 2.48. The normalized spacial score (nSPS) is 13.6. The first-order chi connectivity index (χ1) is 10.5. The van der Waals surface area contributed by atoms with Crippen molar-refractivity contribution in [2.24, 2.45) is 5.73 Å². The van der Waals surface area contributed by atoms with Crippen LogP contribution in [0.3, 0.4) is 0 Å². The van der Waals surface area contributed by atoms with Crippen LogP contribution in [-0.2, 0) is 11.3 Å². The number of benzene rings is 1. The van der Waals surface area contributed by atoms with Crippen molar-refractivity contribution in [2.75, 3.05) is 7.11 Å².